The van der Waals surface area contributed by atoms with E-state index in [0.717, 1.165) is 5.75 Å². The Morgan fingerprint density at radius 3 is 2.82 bits per heavy atom. The van der Waals surface area contributed by atoms with Crippen LogP contribution in [-0.2, 0) is 0 Å². The third-order valence-electron chi connectivity index (χ3n) is 1.55. The Balaban J connectivity index is 0.000000605. The average molecular weight is 205 g/mol. The summed E-state index contributed by atoms with van der Waals surface area (Å²) in [4.78, 5) is 0. The second kappa shape index (κ2) is 3.62. The minimum Gasteiger partial charge on any atom is -0.489 e. The molecule has 2 heteroatoms. The van der Waals surface area contributed by atoms with Crippen LogP contribution in [0, 0.1) is 0 Å². The van der Waals surface area contributed by atoms with E-state index in [2.05, 4.69) is 6.08 Å². The fraction of sp³-hybridized carbons (Fsp3) is 0.111. The van der Waals surface area contributed by atoms with Gasteiger partial charge in [-0.15, -0.1) is 0 Å². The topological polar surface area (TPSA) is 9.23 Å². The molecule has 0 fully saturated rings. The molecule has 0 saturated carbocycles. The van der Waals surface area contributed by atoms with E-state index in [1.165, 1.54) is 5.56 Å². The number of ether oxygens (including phenoxy) is 1. The van der Waals surface area contributed by atoms with Crippen LogP contribution in [0.4, 0.5) is 0 Å². The van der Waals surface area contributed by atoms with Crippen molar-refractivity contribution in [2.75, 3.05) is 6.61 Å². The molecule has 1 aliphatic heterocycles. The summed E-state index contributed by atoms with van der Waals surface area (Å²) in [6, 6.07) is 8.03. The zero-order chi connectivity index (χ0) is 6.81. The van der Waals surface area contributed by atoms with Gasteiger partial charge in [-0.3, -0.25) is 0 Å². The van der Waals surface area contributed by atoms with E-state index >= 15 is 0 Å². The van der Waals surface area contributed by atoms with Crippen LogP contribution in [0.1, 0.15) is 5.56 Å². The van der Waals surface area contributed by atoms with Gasteiger partial charge in [0.1, 0.15) is 12.4 Å². The predicted molar refractivity (Wildman–Crippen MR) is 46.7 cm³/mol. The van der Waals surface area contributed by atoms with Crippen LogP contribution in [-0.4, -0.2) is 24.2 Å². The summed E-state index contributed by atoms with van der Waals surface area (Å²) < 4.78 is 5.34. The summed E-state index contributed by atoms with van der Waals surface area (Å²) in [6.07, 6.45) is 4.10. The van der Waals surface area contributed by atoms with E-state index in [1.54, 1.807) is 0 Å². The molecule has 0 amide bonds. The fourth-order valence-electron chi connectivity index (χ4n) is 1.06. The average Bonchev–Trinajstić information content (AvgIpc) is 2.05. The quantitative estimate of drug-likeness (QED) is 0.585. The molecular weight excluding hydrogens is 197 g/mol. The molecule has 11 heavy (non-hydrogen) atoms. The molecule has 0 aliphatic carbocycles. The summed E-state index contributed by atoms with van der Waals surface area (Å²) in [5.74, 6) is 0.991. The Morgan fingerprint density at radius 2 is 2.00 bits per heavy atom. The van der Waals surface area contributed by atoms with Crippen molar-refractivity contribution in [1.29, 1.82) is 0 Å². The van der Waals surface area contributed by atoms with Gasteiger partial charge in [-0.2, -0.15) is 0 Å². The van der Waals surface area contributed by atoms with Crippen molar-refractivity contribution in [3.05, 3.63) is 35.9 Å². The van der Waals surface area contributed by atoms with Gasteiger partial charge in [-0.05, 0) is 12.1 Å². The first kappa shape index (κ1) is 8.40. The first-order valence-electron chi connectivity index (χ1n) is 3.35. The van der Waals surface area contributed by atoms with E-state index in [9.17, 15) is 0 Å². The van der Waals surface area contributed by atoms with Crippen LogP contribution in [0.25, 0.3) is 6.08 Å². The normalized spacial score (nSPS) is 12.7. The molecule has 4 radical (unpaired) electrons. The minimum atomic E-state index is 0. The largest absolute Gasteiger partial charge is 0.489 e. The summed E-state index contributed by atoms with van der Waals surface area (Å²) in [5, 5.41) is 0. The van der Waals surface area contributed by atoms with E-state index in [-0.39, 0.29) is 17.6 Å². The van der Waals surface area contributed by atoms with Crippen molar-refractivity contribution in [3.8, 4) is 5.75 Å². The predicted octanol–water partition coefficient (Wildman–Crippen LogP) is 1.71. The SMILES string of the molecule is C1=Cc2ccccc2OC1.[Ge]. The van der Waals surface area contributed by atoms with E-state index in [0.29, 0.717) is 6.61 Å². The number of benzene rings is 1. The molecule has 0 spiro atoms. The smallest absolute Gasteiger partial charge is 0.126 e. The van der Waals surface area contributed by atoms with Gasteiger partial charge in [-0.25, -0.2) is 0 Å². The zero-order valence-electron chi connectivity index (χ0n) is 6.08. The van der Waals surface area contributed by atoms with Crippen LogP contribution in [0.15, 0.2) is 30.3 Å². The van der Waals surface area contributed by atoms with Gasteiger partial charge < -0.3 is 4.74 Å². The van der Waals surface area contributed by atoms with Crippen molar-refractivity contribution >= 4 is 23.7 Å². The summed E-state index contributed by atoms with van der Waals surface area (Å²) in [7, 11) is 0. The Hall–Kier alpha value is -0.697. The first-order chi connectivity index (χ1) is 4.97. The number of hydrogen-bond donors (Lipinski definition) is 0. The number of rotatable bonds is 0. The standard InChI is InChI=1S/C9H8O.Ge/c1-2-6-9-8(4-1)5-3-7-10-9;/h1-6H,7H2;. The maximum Gasteiger partial charge on any atom is 0.126 e. The van der Waals surface area contributed by atoms with Gasteiger partial charge in [0.15, 0.2) is 0 Å². The van der Waals surface area contributed by atoms with Crippen molar-refractivity contribution < 1.29 is 4.74 Å². The van der Waals surface area contributed by atoms with Crippen LogP contribution in [0.3, 0.4) is 0 Å². The molecule has 0 N–H and O–H groups in total. The minimum absolute atomic E-state index is 0. The Morgan fingerprint density at radius 1 is 1.18 bits per heavy atom. The molecule has 1 aliphatic rings. The van der Waals surface area contributed by atoms with Crippen LogP contribution in [0.2, 0.25) is 0 Å². The third-order valence-corrected chi connectivity index (χ3v) is 1.55. The first-order valence-corrected chi connectivity index (χ1v) is 3.35. The summed E-state index contributed by atoms with van der Waals surface area (Å²) >= 11 is 0. The van der Waals surface area contributed by atoms with E-state index in [4.69, 9.17) is 4.74 Å². The Bertz CT molecular complexity index is 268. The zero-order valence-corrected chi connectivity index (χ0v) is 8.18. The van der Waals surface area contributed by atoms with Crippen molar-refractivity contribution in [2.45, 2.75) is 0 Å². The summed E-state index contributed by atoms with van der Waals surface area (Å²) in [5.41, 5.74) is 1.17. The van der Waals surface area contributed by atoms with Gasteiger partial charge in [0.25, 0.3) is 0 Å². The monoisotopic (exact) mass is 206 g/mol. The molecule has 0 bridgehead atoms. The second-order valence-electron chi connectivity index (χ2n) is 2.25. The van der Waals surface area contributed by atoms with Gasteiger partial charge in [0.2, 0.25) is 0 Å². The van der Waals surface area contributed by atoms with Gasteiger partial charge >= 0.3 is 0 Å². The molecule has 1 heterocycles. The molecule has 54 valence electrons. The van der Waals surface area contributed by atoms with Gasteiger partial charge in [0.05, 0.1) is 0 Å². The summed E-state index contributed by atoms with van der Waals surface area (Å²) in [6.45, 7) is 0.705. The molecule has 0 aromatic heterocycles. The molecule has 0 atom stereocenters. The number of fused-ring (bicyclic) bond motifs is 1. The van der Waals surface area contributed by atoms with Crippen LogP contribution < -0.4 is 4.74 Å². The fourth-order valence-corrected chi connectivity index (χ4v) is 1.06. The van der Waals surface area contributed by atoms with E-state index < -0.39 is 0 Å². The maximum absolute atomic E-state index is 5.34. The molecular formula is C9H8GeO. The molecule has 2 rings (SSSR count). The molecule has 0 unspecified atom stereocenters. The molecule has 1 nitrogen and oxygen atoms in total. The maximum atomic E-state index is 5.34. The van der Waals surface area contributed by atoms with E-state index in [1.807, 2.05) is 30.3 Å². The number of para-hydroxylation sites is 1. The van der Waals surface area contributed by atoms with Crippen molar-refractivity contribution in [3.63, 3.8) is 0 Å². The molecule has 0 saturated heterocycles. The van der Waals surface area contributed by atoms with Gasteiger partial charge in [0, 0.05) is 23.2 Å². The number of hydrogen-bond acceptors (Lipinski definition) is 1. The van der Waals surface area contributed by atoms with Crippen LogP contribution >= 0.6 is 0 Å². The Kier molecular flexibility index (Phi) is 2.77. The van der Waals surface area contributed by atoms with Crippen molar-refractivity contribution in [2.24, 2.45) is 0 Å². The Labute approximate surface area is 77.0 Å². The third kappa shape index (κ3) is 1.66. The second-order valence-corrected chi connectivity index (χ2v) is 2.25. The molecule has 1 aromatic rings. The molecule has 1 aromatic carbocycles. The van der Waals surface area contributed by atoms with Crippen molar-refractivity contribution in [1.82, 2.24) is 0 Å². The van der Waals surface area contributed by atoms with Gasteiger partial charge in [-0.1, -0.05) is 24.3 Å². The van der Waals surface area contributed by atoms with Crippen LogP contribution in [0.5, 0.6) is 5.75 Å².